The SMILES string of the molecule is CC1CN(C(CN)c2ccc(F)cc2Cl)CC(C)N1C. The van der Waals surface area contributed by atoms with E-state index < -0.39 is 0 Å². The molecular formula is C15H23ClFN3. The third-order valence-corrected chi connectivity index (χ3v) is 4.70. The van der Waals surface area contributed by atoms with Crippen molar-refractivity contribution in [2.45, 2.75) is 32.0 Å². The summed E-state index contributed by atoms with van der Waals surface area (Å²) in [6, 6.07) is 5.54. The van der Waals surface area contributed by atoms with Gasteiger partial charge in [0, 0.05) is 42.8 Å². The highest BCUT2D eigenvalue weighted by Crippen LogP contribution is 2.30. The lowest BCUT2D eigenvalue weighted by Crippen LogP contribution is -2.56. The van der Waals surface area contributed by atoms with Crippen LogP contribution >= 0.6 is 11.6 Å². The van der Waals surface area contributed by atoms with Crippen molar-refractivity contribution < 1.29 is 4.39 Å². The zero-order valence-corrected chi connectivity index (χ0v) is 13.1. The molecule has 0 saturated carbocycles. The van der Waals surface area contributed by atoms with E-state index in [0.717, 1.165) is 18.7 Å². The molecule has 1 aliphatic rings. The highest BCUT2D eigenvalue weighted by atomic mass is 35.5. The number of piperazine rings is 1. The number of likely N-dealkylation sites (N-methyl/N-ethyl adjacent to an activating group) is 1. The van der Waals surface area contributed by atoms with Gasteiger partial charge in [0.15, 0.2) is 0 Å². The van der Waals surface area contributed by atoms with Gasteiger partial charge in [0.25, 0.3) is 0 Å². The topological polar surface area (TPSA) is 32.5 Å². The smallest absolute Gasteiger partial charge is 0.124 e. The molecule has 0 radical (unpaired) electrons. The first kappa shape index (κ1) is 15.7. The third kappa shape index (κ3) is 3.14. The van der Waals surface area contributed by atoms with Gasteiger partial charge in [0.1, 0.15) is 5.82 Å². The Kier molecular flexibility index (Phi) is 5.02. The Bertz CT molecular complexity index is 456. The Morgan fingerprint density at radius 2 is 1.95 bits per heavy atom. The second kappa shape index (κ2) is 6.39. The predicted molar refractivity (Wildman–Crippen MR) is 81.5 cm³/mol. The van der Waals surface area contributed by atoms with E-state index in [4.69, 9.17) is 17.3 Å². The number of halogens is 2. The van der Waals surface area contributed by atoms with E-state index in [1.807, 2.05) is 0 Å². The number of benzene rings is 1. The summed E-state index contributed by atoms with van der Waals surface area (Å²) < 4.78 is 13.2. The zero-order chi connectivity index (χ0) is 14.9. The standard InChI is InChI=1S/C15H23ClFN3/c1-10-8-20(9-11(2)19(10)3)15(7-18)13-5-4-12(17)6-14(13)16/h4-6,10-11,15H,7-9,18H2,1-3H3. The summed E-state index contributed by atoms with van der Waals surface area (Å²) in [6.45, 7) is 6.78. The van der Waals surface area contributed by atoms with Crippen LogP contribution in [0.2, 0.25) is 5.02 Å². The van der Waals surface area contributed by atoms with Crippen molar-refractivity contribution in [3.8, 4) is 0 Å². The van der Waals surface area contributed by atoms with Gasteiger partial charge in [-0.25, -0.2) is 4.39 Å². The Hall–Kier alpha value is -0.680. The fourth-order valence-electron chi connectivity index (χ4n) is 2.94. The Balaban J connectivity index is 2.24. The minimum Gasteiger partial charge on any atom is -0.329 e. The van der Waals surface area contributed by atoms with Gasteiger partial charge in [-0.05, 0) is 38.6 Å². The van der Waals surface area contributed by atoms with Crippen LogP contribution in [-0.4, -0.2) is 48.6 Å². The second-order valence-corrected chi connectivity index (χ2v) is 6.14. The lowest BCUT2D eigenvalue weighted by Gasteiger charge is -2.45. The molecule has 1 saturated heterocycles. The second-order valence-electron chi connectivity index (χ2n) is 5.73. The molecule has 3 atom stereocenters. The molecule has 0 aliphatic carbocycles. The van der Waals surface area contributed by atoms with Crippen molar-refractivity contribution >= 4 is 11.6 Å². The van der Waals surface area contributed by atoms with E-state index in [0.29, 0.717) is 23.7 Å². The Morgan fingerprint density at radius 1 is 1.35 bits per heavy atom. The molecule has 0 spiro atoms. The summed E-state index contributed by atoms with van der Waals surface area (Å²) in [5.41, 5.74) is 6.88. The van der Waals surface area contributed by atoms with Crippen molar-refractivity contribution in [3.63, 3.8) is 0 Å². The largest absolute Gasteiger partial charge is 0.329 e. The van der Waals surface area contributed by atoms with Crippen LogP contribution in [0.15, 0.2) is 18.2 Å². The van der Waals surface area contributed by atoms with Crippen molar-refractivity contribution in [1.82, 2.24) is 9.80 Å². The summed E-state index contributed by atoms with van der Waals surface area (Å²) in [6.07, 6.45) is 0. The van der Waals surface area contributed by atoms with E-state index >= 15 is 0 Å². The fourth-order valence-corrected chi connectivity index (χ4v) is 3.24. The summed E-state index contributed by atoms with van der Waals surface area (Å²) in [5, 5.41) is 0.458. The maximum atomic E-state index is 13.2. The molecule has 1 aromatic carbocycles. The average molecular weight is 300 g/mol. The number of nitrogens with two attached hydrogens (primary N) is 1. The van der Waals surface area contributed by atoms with Gasteiger partial charge in [-0.3, -0.25) is 9.80 Å². The predicted octanol–water partition coefficient (Wildman–Crippen LogP) is 2.50. The first-order chi connectivity index (χ1) is 9.43. The van der Waals surface area contributed by atoms with Crippen LogP contribution in [0.5, 0.6) is 0 Å². The van der Waals surface area contributed by atoms with Gasteiger partial charge in [-0.2, -0.15) is 0 Å². The maximum absolute atomic E-state index is 13.2. The molecule has 2 rings (SSSR count). The number of nitrogens with zero attached hydrogens (tertiary/aromatic N) is 2. The molecule has 5 heteroatoms. The molecule has 1 aliphatic heterocycles. The van der Waals surface area contributed by atoms with Gasteiger partial charge < -0.3 is 5.73 Å². The lowest BCUT2D eigenvalue weighted by atomic mass is 10.0. The van der Waals surface area contributed by atoms with Crippen molar-refractivity contribution in [2.24, 2.45) is 5.73 Å². The van der Waals surface area contributed by atoms with E-state index in [1.165, 1.54) is 12.1 Å². The van der Waals surface area contributed by atoms with Gasteiger partial charge in [0.2, 0.25) is 0 Å². The molecule has 1 aromatic rings. The quantitative estimate of drug-likeness (QED) is 0.931. The molecule has 112 valence electrons. The molecule has 0 aromatic heterocycles. The van der Waals surface area contributed by atoms with Crippen molar-refractivity contribution in [2.75, 3.05) is 26.7 Å². The van der Waals surface area contributed by atoms with Crippen LogP contribution in [-0.2, 0) is 0 Å². The fraction of sp³-hybridized carbons (Fsp3) is 0.600. The Labute approximate surface area is 125 Å². The molecule has 0 bridgehead atoms. The summed E-state index contributed by atoms with van der Waals surface area (Å²) in [4.78, 5) is 4.73. The van der Waals surface area contributed by atoms with E-state index in [-0.39, 0.29) is 11.9 Å². The maximum Gasteiger partial charge on any atom is 0.124 e. The molecule has 0 amide bonds. The number of hydrogen-bond acceptors (Lipinski definition) is 3. The summed E-state index contributed by atoms with van der Waals surface area (Å²) in [7, 11) is 2.15. The molecular weight excluding hydrogens is 277 g/mol. The van der Waals surface area contributed by atoms with Crippen LogP contribution in [0.4, 0.5) is 4.39 Å². The van der Waals surface area contributed by atoms with Crippen LogP contribution < -0.4 is 5.73 Å². The van der Waals surface area contributed by atoms with Crippen LogP contribution in [0.1, 0.15) is 25.5 Å². The van der Waals surface area contributed by atoms with E-state index in [1.54, 1.807) is 6.07 Å². The van der Waals surface area contributed by atoms with Gasteiger partial charge in [-0.1, -0.05) is 17.7 Å². The molecule has 3 nitrogen and oxygen atoms in total. The molecule has 3 unspecified atom stereocenters. The van der Waals surface area contributed by atoms with Gasteiger partial charge in [0.05, 0.1) is 0 Å². The lowest BCUT2D eigenvalue weighted by molar-refractivity contribution is 0.0352. The van der Waals surface area contributed by atoms with Crippen molar-refractivity contribution in [1.29, 1.82) is 0 Å². The molecule has 1 heterocycles. The van der Waals surface area contributed by atoms with Crippen LogP contribution in [0, 0.1) is 5.82 Å². The van der Waals surface area contributed by atoms with Crippen LogP contribution in [0.25, 0.3) is 0 Å². The van der Waals surface area contributed by atoms with E-state index in [9.17, 15) is 4.39 Å². The first-order valence-corrected chi connectivity index (χ1v) is 7.42. The normalized spacial score (nSPS) is 26.7. The van der Waals surface area contributed by atoms with Crippen molar-refractivity contribution in [3.05, 3.63) is 34.6 Å². The van der Waals surface area contributed by atoms with Gasteiger partial charge in [-0.15, -0.1) is 0 Å². The number of hydrogen-bond donors (Lipinski definition) is 1. The molecule has 20 heavy (non-hydrogen) atoms. The first-order valence-electron chi connectivity index (χ1n) is 7.05. The summed E-state index contributed by atoms with van der Waals surface area (Å²) in [5.74, 6) is -0.311. The zero-order valence-electron chi connectivity index (χ0n) is 12.3. The number of rotatable bonds is 3. The molecule has 1 fully saturated rings. The third-order valence-electron chi connectivity index (χ3n) is 4.37. The van der Waals surface area contributed by atoms with Crippen LogP contribution in [0.3, 0.4) is 0 Å². The van der Waals surface area contributed by atoms with E-state index in [2.05, 4.69) is 30.7 Å². The minimum absolute atomic E-state index is 0.0432. The Morgan fingerprint density at radius 3 is 2.45 bits per heavy atom. The molecule has 2 N–H and O–H groups in total. The highest BCUT2D eigenvalue weighted by Gasteiger charge is 2.31. The highest BCUT2D eigenvalue weighted by molar-refractivity contribution is 6.31. The summed E-state index contributed by atoms with van der Waals surface area (Å²) >= 11 is 6.19. The van der Waals surface area contributed by atoms with Gasteiger partial charge >= 0.3 is 0 Å². The average Bonchev–Trinajstić information content (AvgIpc) is 2.39. The minimum atomic E-state index is -0.311. The monoisotopic (exact) mass is 299 g/mol.